The average Bonchev–Trinajstić information content (AvgIpc) is 3.08. The van der Waals surface area contributed by atoms with Gasteiger partial charge in [0.05, 0.1) is 12.0 Å². The molecule has 2 saturated heterocycles. The normalized spacial score (nSPS) is 37.5. The number of ether oxygens (including phenoxy) is 1. The van der Waals surface area contributed by atoms with Gasteiger partial charge in [-0.15, -0.1) is 0 Å². The maximum atomic E-state index is 12.9. The third-order valence-corrected chi connectivity index (χ3v) is 9.10. The summed E-state index contributed by atoms with van der Waals surface area (Å²) in [5, 5.41) is 11.6. The molecule has 0 spiro atoms. The number of esters is 1. The molecule has 5 heteroatoms. The van der Waals surface area contributed by atoms with E-state index in [4.69, 9.17) is 4.74 Å². The van der Waals surface area contributed by atoms with Crippen molar-refractivity contribution in [1.29, 1.82) is 0 Å². The molecule has 1 aromatic carbocycles. The lowest BCUT2D eigenvalue weighted by molar-refractivity contribution is -0.145. The van der Waals surface area contributed by atoms with Crippen LogP contribution in [-0.2, 0) is 9.53 Å². The Kier molecular flexibility index (Phi) is 5.61. The van der Waals surface area contributed by atoms with Crippen molar-refractivity contribution in [2.45, 2.75) is 59.2 Å². The second-order valence-corrected chi connectivity index (χ2v) is 10.9. The van der Waals surface area contributed by atoms with Crippen LogP contribution in [0.4, 0.5) is 5.69 Å². The number of piperazine rings is 1. The van der Waals surface area contributed by atoms with E-state index in [1.165, 1.54) is 22.4 Å². The molecule has 5 nitrogen and oxygen atoms in total. The molecule has 0 amide bonds. The fourth-order valence-corrected chi connectivity index (χ4v) is 6.78. The van der Waals surface area contributed by atoms with Gasteiger partial charge >= 0.3 is 5.97 Å². The monoisotopic (exact) mass is 438 g/mol. The Morgan fingerprint density at radius 2 is 1.94 bits per heavy atom. The van der Waals surface area contributed by atoms with Crippen LogP contribution in [0.3, 0.4) is 0 Å². The summed E-state index contributed by atoms with van der Waals surface area (Å²) in [5.74, 6) is -0.000529. The van der Waals surface area contributed by atoms with E-state index in [0.717, 1.165) is 45.4 Å². The lowest BCUT2D eigenvalue weighted by atomic mass is 9.55. The highest BCUT2D eigenvalue weighted by molar-refractivity contribution is 5.76. The van der Waals surface area contributed by atoms with Gasteiger partial charge in [-0.05, 0) is 49.8 Å². The van der Waals surface area contributed by atoms with Crippen LogP contribution in [0.5, 0.6) is 0 Å². The molecule has 0 aromatic heterocycles. The zero-order valence-electron chi connectivity index (χ0n) is 20.0. The summed E-state index contributed by atoms with van der Waals surface area (Å²) < 4.78 is 5.86. The van der Waals surface area contributed by atoms with Gasteiger partial charge in [0.15, 0.2) is 0 Å². The number of hydrogen-bond acceptors (Lipinski definition) is 5. The van der Waals surface area contributed by atoms with Gasteiger partial charge in [0.25, 0.3) is 0 Å². The molecular formula is C27H38N2O3. The number of carbonyl (C=O) groups is 1. The summed E-state index contributed by atoms with van der Waals surface area (Å²) in [6.07, 6.45) is 4.59. The SMILES string of the molecule is Cc1ccc(C)c(N2CCN(C[C@@H]3C(=O)O[C@@H]4CC5=CCC[C@@H](C)[C@@]5(C)[C@@H](O)[C@H]34)CC2)c1. The van der Waals surface area contributed by atoms with Crippen molar-refractivity contribution in [3.8, 4) is 0 Å². The number of anilines is 1. The first kappa shape index (κ1) is 22.0. The number of aliphatic hydroxyl groups is 1. The van der Waals surface area contributed by atoms with Gasteiger partial charge < -0.3 is 14.7 Å². The Bertz CT molecular complexity index is 919. The molecule has 0 bridgehead atoms. The Morgan fingerprint density at radius 3 is 2.69 bits per heavy atom. The van der Waals surface area contributed by atoms with Crippen LogP contribution in [-0.4, -0.2) is 60.9 Å². The zero-order chi connectivity index (χ0) is 22.6. The largest absolute Gasteiger partial charge is 0.461 e. The van der Waals surface area contributed by atoms with Crippen LogP contribution >= 0.6 is 0 Å². The first-order chi connectivity index (χ1) is 15.3. The Balaban J connectivity index is 1.28. The predicted octanol–water partition coefficient (Wildman–Crippen LogP) is 3.71. The van der Waals surface area contributed by atoms with Gasteiger partial charge in [-0.25, -0.2) is 0 Å². The number of hydrogen-bond donors (Lipinski definition) is 1. The molecule has 3 fully saturated rings. The van der Waals surface area contributed by atoms with E-state index in [1.54, 1.807) is 0 Å². The number of aliphatic hydroxyl groups excluding tert-OH is 1. The first-order valence-electron chi connectivity index (χ1n) is 12.4. The van der Waals surface area contributed by atoms with Gasteiger partial charge in [0.1, 0.15) is 6.10 Å². The van der Waals surface area contributed by atoms with Crippen molar-refractivity contribution in [3.05, 3.63) is 41.0 Å². The molecule has 2 heterocycles. The molecule has 0 radical (unpaired) electrons. The highest BCUT2D eigenvalue weighted by atomic mass is 16.6. The van der Waals surface area contributed by atoms with Crippen LogP contribution in [0.1, 0.15) is 44.2 Å². The van der Waals surface area contributed by atoms with Crippen molar-refractivity contribution in [1.82, 2.24) is 4.90 Å². The molecule has 4 aliphatic rings. The fraction of sp³-hybridized carbons (Fsp3) is 0.667. The number of allylic oxidation sites excluding steroid dienone is 1. The summed E-state index contributed by atoms with van der Waals surface area (Å²) >= 11 is 0. The maximum Gasteiger partial charge on any atom is 0.311 e. The number of aryl methyl sites for hydroxylation is 2. The van der Waals surface area contributed by atoms with Crippen molar-refractivity contribution in [3.63, 3.8) is 0 Å². The topological polar surface area (TPSA) is 53.0 Å². The van der Waals surface area contributed by atoms with Gasteiger partial charge in [0.2, 0.25) is 0 Å². The van der Waals surface area contributed by atoms with Crippen LogP contribution < -0.4 is 4.90 Å². The molecule has 1 saturated carbocycles. The van der Waals surface area contributed by atoms with Crippen molar-refractivity contribution < 1.29 is 14.6 Å². The minimum absolute atomic E-state index is 0.0951. The molecular weight excluding hydrogens is 400 g/mol. The number of fused-ring (bicyclic) bond motifs is 2. The number of carbonyl (C=O) groups excluding carboxylic acids is 1. The molecule has 1 aromatic rings. The van der Waals surface area contributed by atoms with Crippen LogP contribution in [0.2, 0.25) is 0 Å². The lowest BCUT2D eigenvalue weighted by Gasteiger charge is -2.52. The Morgan fingerprint density at radius 1 is 1.19 bits per heavy atom. The standard InChI is InChI=1S/C27H38N2O3/c1-17-8-9-18(2)22(14-17)29-12-10-28(11-13-29)16-21-24-23(32-26(21)31)15-20-7-5-6-19(3)27(20,4)25(24)30/h7-9,14,19,21,23-25,30H,5-6,10-13,15-16H2,1-4H3/t19-,21+,23-,24-,25+,27-/m1/s1. The van der Waals surface area contributed by atoms with Gasteiger partial charge in [-0.2, -0.15) is 0 Å². The summed E-state index contributed by atoms with van der Waals surface area (Å²) in [5.41, 5.74) is 5.01. The Labute approximate surface area is 192 Å². The second-order valence-electron chi connectivity index (χ2n) is 10.9. The predicted molar refractivity (Wildman–Crippen MR) is 127 cm³/mol. The van der Waals surface area contributed by atoms with Gasteiger partial charge in [-0.1, -0.05) is 37.6 Å². The van der Waals surface area contributed by atoms with E-state index in [0.29, 0.717) is 12.5 Å². The van der Waals surface area contributed by atoms with Gasteiger partial charge in [-0.3, -0.25) is 9.69 Å². The van der Waals surface area contributed by atoms with E-state index in [-0.39, 0.29) is 29.3 Å². The molecule has 2 aliphatic carbocycles. The third-order valence-electron chi connectivity index (χ3n) is 9.10. The molecule has 0 unspecified atom stereocenters. The molecule has 6 atom stereocenters. The highest BCUT2D eigenvalue weighted by Gasteiger charge is 2.59. The molecule has 174 valence electrons. The summed E-state index contributed by atoms with van der Waals surface area (Å²) in [4.78, 5) is 17.8. The number of benzene rings is 1. The third kappa shape index (κ3) is 3.49. The minimum Gasteiger partial charge on any atom is -0.461 e. The minimum atomic E-state index is -0.518. The average molecular weight is 439 g/mol. The van der Waals surface area contributed by atoms with E-state index < -0.39 is 6.10 Å². The van der Waals surface area contributed by atoms with E-state index in [9.17, 15) is 9.90 Å². The van der Waals surface area contributed by atoms with Crippen LogP contribution in [0.15, 0.2) is 29.8 Å². The summed E-state index contributed by atoms with van der Waals surface area (Å²) in [7, 11) is 0. The zero-order valence-corrected chi connectivity index (χ0v) is 20.0. The fourth-order valence-electron chi connectivity index (χ4n) is 6.78. The smallest absolute Gasteiger partial charge is 0.311 e. The highest BCUT2D eigenvalue weighted by Crippen LogP contribution is 2.56. The van der Waals surface area contributed by atoms with Gasteiger partial charge in [0, 0.05) is 56.2 Å². The second kappa shape index (κ2) is 8.18. The molecule has 1 N–H and O–H groups in total. The van der Waals surface area contributed by atoms with E-state index in [1.807, 2.05) is 0 Å². The van der Waals surface area contributed by atoms with Crippen LogP contribution in [0.25, 0.3) is 0 Å². The first-order valence-corrected chi connectivity index (χ1v) is 12.4. The van der Waals surface area contributed by atoms with E-state index in [2.05, 4.69) is 61.8 Å². The lowest BCUT2D eigenvalue weighted by Crippen LogP contribution is -2.55. The molecule has 5 rings (SSSR count). The van der Waals surface area contributed by atoms with Crippen molar-refractivity contribution >= 4 is 11.7 Å². The van der Waals surface area contributed by atoms with Crippen LogP contribution in [0, 0.1) is 37.0 Å². The van der Waals surface area contributed by atoms with Crippen molar-refractivity contribution in [2.24, 2.45) is 23.2 Å². The number of rotatable bonds is 3. The van der Waals surface area contributed by atoms with E-state index >= 15 is 0 Å². The summed E-state index contributed by atoms with van der Waals surface area (Å²) in [6.45, 7) is 13.3. The number of nitrogens with zero attached hydrogens (tertiary/aromatic N) is 2. The summed E-state index contributed by atoms with van der Waals surface area (Å²) in [6, 6.07) is 6.64. The molecule has 2 aliphatic heterocycles. The quantitative estimate of drug-likeness (QED) is 0.576. The van der Waals surface area contributed by atoms with Crippen molar-refractivity contribution in [2.75, 3.05) is 37.6 Å². The maximum absolute atomic E-state index is 12.9. The molecule has 32 heavy (non-hydrogen) atoms. The Hall–Kier alpha value is -1.85.